The zero-order valence-corrected chi connectivity index (χ0v) is 12.3. The van der Waals surface area contributed by atoms with Crippen molar-refractivity contribution in [2.45, 2.75) is 38.1 Å². The number of hydrogen-bond acceptors (Lipinski definition) is 4. The summed E-state index contributed by atoms with van der Waals surface area (Å²) < 4.78 is 10.2. The van der Waals surface area contributed by atoms with Crippen LogP contribution in [0.3, 0.4) is 0 Å². The van der Waals surface area contributed by atoms with Crippen molar-refractivity contribution in [3.63, 3.8) is 0 Å². The first-order chi connectivity index (χ1) is 9.20. The summed E-state index contributed by atoms with van der Waals surface area (Å²) in [6.07, 6.45) is 5.30. The molecule has 1 saturated carbocycles. The normalized spacial score (nSPS) is 23.9. The summed E-state index contributed by atoms with van der Waals surface area (Å²) in [6.45, 7) is 2.33. The van der Waals surface area contributed by atoms with Crippen LogP contribution >= 0.6 is 0 Å². The topological polar surface area (TPSA) is 64.8 Å². The number of methoxy groups -OCH3 is 2. The number of carbonyl (C=O) groups is 1. The lowest BCUT2D eigenvalue weighted by molar-refractivity contribution is -0.137. The molecule has 0 aromatic rings. The first-order valence-corrected chi connectivity index (χ1v) is 7.23. The molecule has 0 spiro atoms. The van der Waals surface area contributed by atoms with Gasteiger partial charge in [-0.1, -0.05) is 19.3 Å². The predicted octanol–water partition coefficient (Wildman–Crippen LogP) is 1.02. The Morgan fingerprint density at radius 3 is 2.26 bits per heavy atom. The molecular weight excluding hydrogens is 244 g/mol. The highest BCUT2D eigenvalue weighted by Gasteiger charge is 2.30. The molecule has 1 aliphatic carbocycles. The number of carbonyl (C=O) groups excluding carboxylic acids is 1. The third kappa shape index (κ3) is 5.47. The Labute approximate surface area is 116 Å². The Bertz CT molecular complexity index is 253. The van der Waals surface area contributed by atoms with Gasteiger partial charge in [0.1, 0.15) is 0 Å². The number of ether oxygens (including phenoxy) is 2. The Morgan fingerprint density at radius 1 is 1.11 bits per heavy atom. The van der Waals surface area contributed by atoms with Crippen molar-refractivity contribution in [1.82, 2.24) is 4.90 Å². The van der Waals surface area contributed by atoms with E-state index in [4.69, 9.17) is 15.2 Å². The van der Waals surface area contributed by atoms with E-state index in [0.717, 1.165) is 25.7 Å². The fourth-order valence-corrected chi connectivity index (χ4v) is 2.61. The van der Waals surface area contributed by atoms with E-state index in [9.17, 15) is 4.79 Å². The van der Waals surface area contributed by atoms with Gasteiger partial charge in [0.25, 0.3) is 0 Å². The molecule has 5 heteroatoms. The van der Waals surface area contributed by atoms with Crippen molar-refractivity contribution < 1.29 is 14.3 Å². The smallest absolute Gasteiger partial charge is 0.227 e. The van der Waals surface area contributed by atoms with Crippen LogP contribution in [0.5, 0.6) is 0 Å². The predicted molar refractivity (Wildman–Crippen MR) is 74.9 cm³/mol. The molecule has 1 fully saturated rings. The maximum Gasteiger partial charge on any atom is 0.227 e. The van der Waals surface area contributed by atoms with Crippen LogP contribution in [-0.2, 0) is 14.3 Å². The number of rotatable bonds is 7. The van der Waals surface area contributed by atoms with E-state index in [1.165, 1.54) is 6.42 Å². The highest BCUT2D eigenvalue weighted by molar-refractivity contribution is 5.79. The van der Waals surface area contributed by atoms with E-state index < -0.39 is 0 Å². The Balaban J connectivity index is 2.60. The van der Waals surface area contributed by atoms with Gasteiger partial charge in [0.2, 0.25) is 5.91 Å². The largest absolute Gasteiger partial charge is 0.383 e. The zero-order valence-electron chi connectivity index (χ0n) is 12.3. The van der Waals surface area contributed by atoms with Gasteiger partial charge in [-0.15, -0.1) is 0 Å². The lowest BCUT2D eigenvalue weighted by Crippen LogP contribution is -2.46. The number of nitrogens with two attached hydrogens (primary N) is 1. The van der Waals surface area contributed by atoms with E-state index in [2.05, 4.69) is 0 Å². The molecule has 0 saturated heterocycles. The van der Waals surface area contributed by atoms with Gasteiger partial charge in [-0.25, -0.2) is 0 Å². The van der Waals surface area contributed by atoms with Crippen LogP contribution in [-0.4, -0.2) is 57.4 Å². The van der Waals surface area contributed by atoms with Crippen molar-refractivity contribution in [2.75, 3.05) is 40.5 Å². The van der Waals surface area contributed by atoms with Crippen molar-refractivity contribution >= 4 is 5.91 Å². The average Bonchev–Trinajstić information content (AvgIpc) is 2.63. The van der Waals surface area contributed by atoms with Gasteiger partial charge in [-0.05, 0) is 12.8 Å². The van der Waals surface area contributed by atoms with Crippen LogP contribution in [0.1, 0.15) is 32.1 Å². The number of amides is 1. The Kier molecular flexibility index (Phi) is 8.02. The van der Waals surface area contributed by atoms with Crippen molar-refractivity contribution in [1.29, 1.82) is 0 Å². The van der Waals surface area contributed by atoms with Crippen molar-refractivity contribution in [3.8, 4) is 0 Å². The molecule has 0 bridgehead atoms. The second-order valence-electron chi connectivity index (χ2n) is 5.22. The van der Waals surface area contributed by atoms with Crippen LogP contribution < -0.4 is 5.73 Å². The van der Waals surface area contributed by atoms with E-state index in [-0.39, 0.29) is 17.9 Å². The molecule has 1 aliphatic rings. The molecular formula is C14H28N2O3. The highest BCUT2D eigenvalue weighted by atomic mass is 16.5. The van der Waals surface area contributed by atoms with Crippen LogP contribution in [0.15, 0.2) is 0 Å². The fourth-order valence-electron chi connectivity index (χ4n) is 2.61. The molecule has 0 heterocycles. The molecule has 2 unspecified atom stereocenters. The minimum Gasteiger partial charge on any atom is -0.383 e. The molecule has 1 rings (SSSR count). The van der Waals surface area contributed by atoms with Crippen LogP contribution in [0.2, 0.25) is 0 Å². The van der Waals surface area contributed by atoms with Crippen molar-refractivity contribution in [2.24, 2.45) is 11.7 Å². The monoisotopic (exact) mass is 272 g/mol. The Hall–Kier alpha value is -0.650. The second kappa shape index (κ2) is 9.28. The third-order valence-electron chi connectivity index (χ3n) is 3.83. The molecule has 0 aromatic heterocycles. The van der Waals surface area contributed by atoms with Gasteiger partial charge in [0, 0.05) is 33.4 Å². The maximum absolute atomic E-state index is 12.6. The summed E-state index contributed by atoms with van der Waals surface area (Å²) in [5, 5.41) is 0. The summed E-state index contributed by atoms with van der Waals surface area (Å²) in [5.41, 5.74) is 6.17. The first kappa shape index (κ1) is 16.4. The molecule has 112 valence electrons. The lowest BCUT2D eigenvalue weighted by Gasteiger charge is -2.29. The molecule has 0 radical (unpaired) electrons. The molecule has 0 aliphatic heterocycles. The van der Waals surface area contributed by atoms with Crippen molar-refractivity contribution in [3.05, 3.63) is 0 Å². The summed E-state index contributed by atoms with van der Waals surface area (Å²) in [4.78, 5) is 14.4. The minimum absolute atomic E-state index is 0.00240. The van der Waals surface area contributed by atoms with E-state index in [1.807, 2.05) is 4.90 Å². The SMILES string of the molecule is COCCN(CCOC)C(=O)C1CCCCCC1N. The quantitative estimate of drug-likeness (QED) is 0.703. The van der Waals surface area contributed by atoms with E-state index in [0.29, 0.717) is 26.3 Å². The highest BCUT2D eigenvalue weighted by Crippen LogP contribution is 2.24. The standard InChI is InChI=1S/C14H28N2O3/c1-18-10-8-16(9-11-19-2)14(17)12-6-4-3-5-7-13(12)15/h12-13H,3-11,15H2,1-2H3. The fraction of sp³-hybridized carbons (Fsp3) is 0.929. The van der Waals surface area contributed by atoms with Crippen LogP contribution in [0.4, 0.5) is 0 Å². The lowest BCUT2D eigenvalue weighted by atomic mass is 9.94. The van der Waals surface area contributed by atoms with E-state index >= 15 is 0 Å². The first-order valence-electron chi connectivity index (χ1n) is 7.23. The van der Waals surface area contributed by atoms with Crippen LogP contribution in [0, 0.1) is 5.92 Å². The van der Waals surface area contributed by atoms with Gasteiger partial charge in [0.05, 0.1) is 19.1 Å². The van der Waals surface area contributed by atoms with Gasteiger partial charge in [-0.2, -0.15) is 0 Å². The molecule has 2 N–H and O–H groups in total. The molecule has 0 aromatic carbocycles. The summed E-state index contributed by atoms with van der Waals surface area (Å²) >= 11 is 0. The molecule has 5 nitrogen and oxygen atoms in total. The van der Waals surface area contributed by atoms with Gasteiger partial charge < -0.3 is 20.1 Å². The van der Waals surface area contributed by atoms with E-state index in [1.54, 1.807) is 14.2 Å². The van der Waals surface area contributed by atoms with Gasteiger partial charge in [0.15, 0.2) is 0 Å². The number of hydrogen-bond donors (Lipinski definition) is 1. The van der Waals surface area contributed by atoms with Gasteiger partial charge in [-0.3, -0.25) is 4.79 Å². The summed E-state index contributed by atoms with van der Waals surface area (Å²) in [6, 6.07) is 0.00240. The third-order valence-corrected chi connectivity index (χ3v) is 3.83. The zero-order chi connectivity index (χ0) is 14.1. The van der Waals surface area contributed by atoms with Crippen LogP contribution in [0.25, 0.3) is 0 Å². The molecule has 19 heavy (non-hydrogen) atoms. The molecule has 1 amide bonds. The van der Waals surface area contributed by atoms with Gasteiger partial charge >= 0.3 is 0 Å². The second-order valence-corrected chi connectivity index (χ2v) is 5.22. The maximum atomic E-state index is 12.6. The summed E-state index contributed by atoms with van der Waals surface area (Å²) in [7, 11) is 3.30. The summed E-state index contributed by atoms with van der Waals surface area (Å²) in [5.74, 6) is 0.139. The average molecular weight is 272 g/mol. The minimum atomic E-state index is -0.0313. The molecule has 2 atom stereocenters. The number of nitrogens with zero attached hydrogens (tertiary/aromatic N) is 1. The Morgan fingerprint density at radius 2 is 1.68 bits per heavy atom.